The third-order valence-electron chi connectivity index (χ3n) is 3.10. The van der Waals surface area contributed by atoms with Crippen molar-refractivity contribution in [1.82, 2.24) is 10.6 Å². The lowest BCUT2D eigenvalue weighted by atomic mass is 10.2. The van der Waals surface area contributed by atoms with Crippen molar-refractivity contribution in [3.63, 3.8) is 0 Å². The number of aliphatic imine (C=N–C) groups is 1. The van der Waals surface area contributed by atoms with Crippen LogP contribution in [0.5, 0.6) is 0 Å². The highest BCUT2D eigenvalue weighted by Gasteiger charge is 2.04. The van der Waals surface area contributed by atoms with Gasteiger partial charge in [0.1, 0.15) is 0 Å². The van der Waals surface area contributed by atoms with Crippen LogP contribution in [0.15, 0.2) is 35.3 Å². The molecule has 0 heterocycles. The molecule has 22 heavy (non-hydrogen) atoms. The van der Waals surface area contributed by atoms with Crippen LogP contribution in [0.1, 0.15) is 32.8 Å². The molecule has 4 nitrogen and oxygen atoms in total. The standard InChI is InChI=1S/C16H27N3OS.HI/c1-4-14(3)19-16(17-5-2)18-11-12-21(20)13-15-9-7-6-8-10-15;/h6-10,14H,4-5,11-13H2,1-3H3,(H2,17,18,19);1H. The Kier molecular flexibility index (Phi) is 12.5. The van der Waals surface area contributed by atoms with E-state index in [4.69, 9.17) is 0 Å². The summed E-state index contributed by atoms with van der Waals surface area (Å²) in [5.74, 6) is 2.00. The number of hydrogen-bond acceptors (Lipinski definition) is 2. The van der Waals surface area contributed by atoms with Gasteiger partial charge < -0.3 is 10.6 Å². The van der Waals surface area contributed by atoms with E-state index in [1.165, 1.54) is 0 Å². The van der Waals surface area contributed by atoms with Crippen molar-refractivity contribution in [2.24, 2.45) is 4.99 Å². The van der Waals surface area contributed by atoms with Crippen LogP contribution in [0.3, 0.4) is 0 Å². The second kappa shape index (κ2) is 12.9. The highest BCUT2D eigenvalue weighted by atomic mass is 127. The van der Waals surface area contributed by atoms with Crippen LogP contribution in [-0.2, 0) is 16.6 Å². The smallest absolute Gasteiger partial charge is 0.191 e. The molecular formula is C16H28IN3OS. The fourth-order valence-electron chi connectivity index (χ4n) is 1.75. The Morgan fingerprint density at radius 2 is 1.95 bits per heavy atom. The van der Waals surface area contributed by atoms with E-state index < -0.39 is 10.8 Å². The molecule has 2 atom stereocenters. The van der Waals surface area contributed by atoms with Gasteiger partial charge in [0, 0.05) is 34.9 Å². The van der Waals surface area contributed by atoms with E-state index in [1.807, 2.05) is 37.3 Å². The van der Waals surface area contributed by atoms with Gasteiger partial charge in [0.15, 0.2) is 5.96 Å². The van der Waals surface area contributed by atoms with E-state index in [0.29, 0.717) is 24.1 Å². The van der Waals surface area contributed by atoms with Gasteiger partial charge in [0.25, 0.3) is 0 Å². The van der Waals surface area contributed by atoms with Crippen LogP contribution in [0.4, 0.5) is 0 Å². The van der Waals surface area contributed by atoms with Gasteiger partial charge in [-0.1, -0.05) is 37.3 Å². The number of benzene rings is 1. The second-order valence-electron chi connectivity index (χ2n) is 4.99. The van der Waals surface area contributed by atoms with E-state index in [-0.39, 0.29) is 24.0 Å². The quantitative estimate of drug-likeness (QED) is 0.374. The normalized spacial score (nSPS) is 13.9. The molecule has 0 spiro atoms. The zero-order chi connectivity index (χ0) is 15.5. The van der Waals surface area contributed by atoms with Crippen LogP contribution in [0, 0.1) is 0 Å². The highest BCUT2D eigenvalue weighted by molar-refractivity contribution is 14.0. The summed E-state index contributed by atoms with van der Waals surface area (Å²) >= 11 is 0. The topological polar surface area (TPSA) is 53.5 Å². The number of nitrogens with zero attached hydrogens (tertiary/aromatic N) is 1. The number of guanidine groups is 1. The molecule has 1 rings (SSSR count). The molecule has 2 N–H and O–H groups in total. The van der Waals surface area contributed by atoms with Gasteiger partial charge in [-0.15, -0.1) is 24.0 Å². The molecule has 2 unspecified atom stereocenters. The van der Waals surface area contributed by atoms with Crippen molar-refractivity contribution < 1.29 is 4.21 Å². The molecule has 0 radical (unpaired) electrons. The molecule has 1 aromatic rings. The van der Waals surface area contributed by atoms with Crippen molar-refractivity contribution in [3.8, 4) is 0 Å². The zero-order valence-electron chi connectivity index (χ0n) is 13.7. The Labute approximate surface area is 154 Å². The first-order valence-electron chi connectivity index (χ1n) is 7.59. The summed E-state index contributed by atoms with van der Waals surface area (Å²) < 4.78 is 12.0. The fourth-order valence-corrected chi connectivity index (χ4v) is 2.75. The average molecular weight is 437 g/mol. The van der Waals surface area contributed by atoms with E-state index in [1.54, 1.807) is 0 Å². The van der Waals surface area contributed by atoms with E-state index >= 15 is 0 Å². The molecular weight excluding hydrogens is 409 g/mol. The zero-order valence-corrected chi connectivity index (χ0v) is 16.8. The number of rotatable bonds is 8. The Morgan fingerprint density at radius 1 is 1.27 bits per heavy atom. The third-order valence-corrected chi connectivity index (χ3v) is 4.39. The Balaban J connectivity index is 0.00000441. The lowest BCUT2D eigenvalue weighted by Gasteiger charge is -2.16. The SMILES string of the molecule is CCNC(=NCCS(=O)Cc1ccccc1)NC(C)CC.I. The van der Waals surface area contributed by atoms with Crippen LogP contribution >= 0.6 is 24.0 Å². The Hall–Kier alpha value is -0.630. The third kappa shape index (κ3) is 9.40. The molecule has 0 aliphatic rings. The van der Waals surface area contributed by atoms with Gasteiger partial charge in [-0.3, -0.25) is 9.20 Å². The van der Waals surface area contributed by atoms with Gasteiger partial charge in [0.05, 0.1) is 6.54 Å². The Bertz CT molecular complexity index is 454. The summed E-state index contributed by atoms with van der Waals surface area (Å²) in [5.41, 5.74) is 1.12. The first-order valence-corrected chi connectivity index (χ1v) is 9.08. The largest absolute Gasteiger partial charge is 0.357 e. The highest BCUT2D eigenvalue weighted by Crippen LogP contribution is 2.02. The lowest BCUT2D eigenvalue weighted by Crippen LogP contribution is -2.42. The molecule has 0 bridgehead atoms. The first-order chi connectivity index (χ1) is 10.2. The number of nitrogens with one attached hydrogen (secondary N) is 2. The molecule has 0 amide bonds. The minimum Gasteiger partial charge on any atom is -0.357 e. The van der Waals surface area contributed by atoms with Gasteiger partial charge in [-0.25, -0.2) is 0 Å². The summed E-state index contributed by atoms with van der Waals surface area (Å²) in [6.07, 6.45) is 1.05. The molecule has 6 heteroatoms. The van der Waals surface area contributed by atoms with Crippen LogP contribution in [-0.4, -0.2) is 35.1 Å². The molecule has 126 valence electrons. The summed E-state index contributed by atoms with van der Waals surface area (Å²) in [6.45, 7) is 7.71. The monoisotopic (exact) mass is 437 g/mol. The lowest BCUT2D eigenvalue weighted by molar-refractivity contribution is 0.625. The maximum atomic E-state index is 12.0. The van der Waals surface area contributed by atoms with Crippen molar-refractivity contribution in [3.05, 3.63) is 35.9 Å². The van der Waals surface area contributed by atoms with Gasteiger partial charge >= 0.3 is 0 Å². The Morgan fingerprint density at radius 3 is 2.55 bits per heavy atom. The summed E-state index contributed by atoms with van der Waals surface area (Å²) in [7, 11) is -0.868. The molecule has 0 fully saturated rings. The van der Waals surface area contributed by atoms with Gasteiger partial charge in [0.2, 0.25) is 0 Å². The van der Waals surface area contributed by atoms with E-state index in [2.05, 4.69) is 29.5 Å². The second-order valence-corrected chi connectivity index (χ2v) is 6.56. The van der Waals surface area contributed by atoms with Crippen molar-refractivity contribution >= 4 is 40.7 Å². The fraction of sp³-hybridized carbons (Fsp3) is 0.562. The number of halogens is 1. The first kappa shape index (κ1) is 21.4. The number of hydrogen-bond donors (Lipinski definition) is 2. The molecule has 0 saturated carbocycles. The minimum absolute atomic E-state index is 0. The van der Waals surface area contributed by atoms with Crippen molar-refractivity contribution in [2.75, 3.05) is 18.8 Å². The van der Waals surface area contributed by atoms with E-state index in [9.17, 15) is 4.21 Å². The summed E-state index contributed by atoms with van der Waals surface area (Å²) in [5, 5.41) is 6.54. The van der Waals surface area contributed by atoms with Crippen LogP contribution in [0.25, 0.3) is 0 Å². The van der Waals surface area contributed by atoms with Gasteiger partial charge in [-0.2, -0.15) is 0 Å². The average Bonchev–Trinajstić information content (AvgIpc) is 2.48. The van der Waals surface area contributed by atoms with Crippen molar-refractivity contribution in [1.29, 1.82) is 0 Å². The van der Waals surface area contributed by atoms with Crippen LogP contribution in [0.2, 0.25) is 0 Å². The molecule has 0 aromatic heterocycles. The van der Waals surface area contributed by atoms with Gasteiger partial charge in [-0.05, 0) is 25.8 Å². The molecule has 0 aliphatic carbocycles. The summed E-state index contributed by atoms with van der Waals surface area (Å²) in [6, 6.07) is 10.3. The molecule has 0 saturated heterocycles. The van der Waals surface area contributed by atoms with Crippen molar-refractivity contribution in [2.45, 2.75) is 39.0 Å². The summed E-state index contributed by atoms with van der Waals surface area (Å²) in [4.78, 5) is 4.48. The molecule has 0 aliphatic heterocycles. The maximum absolute atomic E-state index is 12.0. The van der Waals surface area contributed by atoms with Crippen LogP contribution < -0.4 is 10.6 Å². The molecule has 1 aromatic carbocycles. The predicted molar refractivity (Wildman–Crippen MR) is 107 cm³/mol. The minimum atomic E-state index is -0.868. The van der Waals surface area contributed by atoms with E-state index in [0.717, 1.165) is 24.5 Å². The maximum Gasteiger partial charge on any atom is 0.191 e. The predicted octanol–water partition coefficient (Wildman–Crippen LogP) is 2.91.